The topological polar surface area (TPSA) is 108 Å². The van der Waals surface area contributed by atoms with Gasteiger partial charge in [0.1, 0.15) is 10.7 Å². The largest absolute Gasteiger partial charge is 0.292 e. The molecule has 1 aliphatic heterocycles. The molecule has 3 rings (SSSR count). The molecule has 1 aromatic carbocycles. The summed E-state index contributed by atoms with van der Waals surface area (Å²) in [7, 11) is -7.35. The van der Waals surface area contributed by atoms with Crippen molar-refractivity contribution in [2.45, 2.75) is 42.9 Å². The van der Waals surface area contributed by atoms with Gasteiger partial charge in [-0.05, 0) is 62.1 Å². The minimum absolute atomic E-state index is 0.0944. The predicted octanol–water partition coefficient (Wildman–Crippen LogP) is 2.18. The number of anilines is 1. The molecular formula is C18H24N4O4S2. The molecule has 152 valence electrons. The van der Waals surface area contributed by atoms with E-state index in [9.17, 15) is 16.8 Å². The Labute approximate surface area is 166 Å². The number of aryl methyl sites for hydroxylation is 2. The van der Waals surface area contributed by atoms with Gasteiger partial charge in [-0.1, -0.05) is 12.5 Å². The number of hydrogen-bond acceptors (Lipinski definition) is 6. The fourth-order valence-corrected chi connectivity index (χ4v) is 5.32. The van der Waals surface area contributed by atoms with Crippen LogP contribution in [0.4, 0.5) is 5.82 Å². The zero-order valence-electron chi connectivity index (χ0n) is 15.8. The minimum Gasteiger partial charge on any atom is -0.292 e. The van der Waals surface area contributed by atoms with Gasteiger partial charge in [-0.3, -0.25) is 5.43 Å². The maximum atomic E-state index is 12.6. The number of sulfonamides is 2. The van der Waals surface area contributed by atoms with Crippen LogP contribution in [-0.4, -0.2) is 39.2 Å². The highest BCUT2D eigenvalue weighted by Crippen LogP contribution is 2.21. The second-order valence-electron chi connectivity index (χ2n) is 6.82. The molecule has 1 aliphatic rings. The highest BCUT2D eigenvalue weighted by atomic mass is 32.2. The monoisotopic (exact) mass is 424 g/mol. The molecule has 0 amide bonds. The molecule has 0 bridgehead atoms. The van der Waals surface area contributed by atoms with E-state index in [1.54, 1.807) is 12.1 Å². The summed E-state index contributed by atoms with van der Waals surface area (Å²) in [6.07, 6.45) is 3.98. The third kappa shape index (κ3) is 4.52. The highest BCUT2D eigenvalue weighted by Gasteiger charge is 2.26. The van der Waals surface area contributed by atoms with Crippen LogP contribution in [0, 0.1) is 13.8 Å². The number of hydrogen-bond donors (Lipinski definition) is 2. The lowest BCUT2D eigenvalue weighted by atomic mass is 10.1. The normalized spacial score (nSPS) is 16.1. The Hall–Kier alpha value is -2.01. The van der Waals surface area contributed by atoms with Gasteiger partial charge in [0.05, 0.1) is 4.90 Å². The Balaban J connectivity index is 1.69. The molecule has 1 fully saturated rings. The summed E-state index contributed by atoms with van der Waals surface area (Å²) in [6.45, 7) is 4.77. The molecule has 0 saturated carbocycles. The molecule has 28 heavy (non-hydrogen) atoms. The van der Waals surface area contributed by atoms with Crippen molar-refractivity contribution in [3.05, 3.63) is 47.7 Å². The first kappa shape index (κ1) is 20.7. The van der Waals surface area contributed by atoms with Crippen molar-refractivity contribution in [3.63, 3.8) is 0 Å². The van der Waals surface area contributed by atoms with E-state index in [1.807, 2.05) is 13.8 Å². The average Bonchev–Trinajstić information content (AvgIpc) is 2.69. The first-order valence-corrected chi connectivity index (χ1v) is 11.9. The number of benzene rings is 1. The molecule has 8 nitrogen and oxygen atoms in total. The number of hydrazine groups is 1. The van der Waals surface area contributed by atoms with Gasteiger partial charge in [-0.25, -0.2) is 21.8 Å². The second-order valence-corrected chi connectivity index (χ2v) is 10.4. The molecular weight excluding hydrogens is 400 g/mol. The number of aromatic nitrogens is 1. The van der Waals surface area contributed by atoms with E-state index in [0.717, 1.165) is 30.4 Å². The van der Waals surface area contributed by atoms with Crippen LogP contribution in [-0.2, 0) is 20.0 Å². The van der Waals surface area contributed by atoms with Gasteiger partial charge < -0.3 is 0 Å². The summed E-state index contributed by atoms with van der Waals surface area (Å²) in [5, 5.41) is 0. The van der Waals surface area contributed by atoms with Crippen LogP contribution in [0.25, 0.3) is 0 Å². The molecule has 2 N–H and O–H groups in total. The smallest absolute Gasteiger partial charge is 0.257 e. The molecule has 2 heterocycles. The fourth-order valence-electron chi connectivity index (χ4n) is 2.92. The molecule has 2 aromatic rings. The van der Waals surface area contributed by atoms with Crippen molar-refractivity contribution < 1.29 is 16.8 Å². The molecule has 0 spiro atoms. The Bertz CT molecular complexity index is 1050. The van der Waals surface area contributed by atoms with Crippen LogP contribution < -0.4 is 10.3 Å². The van der Waals surface area contributed by atoms with E-state index in [4.69, 9.17) is 0 Å². The number of pyridine rings is 1. The summed E-state index contributed by atoms with van der Waals surface area (Å²) in [4.78, 5) is 6.51. The van der Waals surface area contributed by atoms with Crippen LogP contribution in [0.1, 0.15) is 30.4 Å². The first-order chi connectivity index (χ1) is 13.2. The van der Waals surface area contributed by atoms with E-state index >= 15 is 0 Å². The van der Waals surface area contributed by atoms with Crippen molar-refractivity contribution >= 4 is 25.9 Å². The van der Waals surface area contributed by atoms with E-state index < -0.39 is 20.0 Å². The predicted molar refractivity (Wildman–Crippen MR) is 107 cm³/mol. The van der Waals surface area contributed by atoms with Crippen LogP contribution in [0.5, 0.6) is 0 Å². The number of nitrogens with zero attached hydrogens (tertiary/aromatic N) is 2. The molecule has 0 aliphatic carbocycles. The van der Waals surface area contributed by atoms with Gasteiger partial charge in [0.2, 0.25) is 10.0 Å². The molecule has 0 atom stereocenters. The zero-order valence-corrected chi connectivity index (χ0v) is 17.5. The lowest BCUT2D eigenvalue weighted by Crippen LogP contribution is -2.35. The maximum Gasteiger partial charge on any atom is 0.257 e. The van der Waals surface area contributed by atoms with Gasteiger partial charge in [0, 0.05) is 19.3 Å². The third-order valence-electron chi connectivity index (χ3n) is 4.79. The van der Waals surface area contributed by atoms with Crippen LogP contribution >= 0.6 is 0 Å². The Morgan fingerprint density at radius 3 is 2.18 bits per heavy atom. The quantitative estimate of drug-likeness (QED) is 0.688. The Morgan fingerprint density at radius 2 is 1.57 bits per heavy atom. The van der Waals surface area contributed by atoms with Crippen LogP contribution in [0.3, 0.4) is 0 Å². The van der Waals surface area contributed by atoms with Crippen molar-refractivity contribution in [1.82, 2.24) is 14.1 Å². The summed E-state index contributed by atoms with van der Waals surface area (Å²) in [6, 6.07) is 7.70. The van der Waals surface area contributed by atoms with Crippen molar-refractivity contribution in [1.29, 1.82) is 0 Å². The summed E-state index contributed by atoms with van der Waals surface area (Å²) in [5.74, 6) is 0.199. The van der Waals surface area contributed by atoms with Gasteiger partial charge in [0.15, 0.2) is 0 Å². The molecule has 0 radical (unpaired) electrons. The van der Waals surface area contributed by atoms with Gasteiger partial charge in [-0.2, -0.15) is 4.31 Å². The zero-order chi connectivity index (χ0) is 20.4. The molecule has 1 saturated heterocycles. The number of rotatable bonds is 6. The SMILES string of the molecule is Cc1ccc(S(=O)(=O)NNc2ccc(S(=O)(=O)N3CCCCC3)cn2)cc1C. The minimum atomic E-state index is -3.78. The lowest BCUT2D eigenvalue weighted by Gasteiger charge is -2.25. The van der Waals surface area contributed by atoms with E-state index in [1.165, 1.54) is 28.7 Å². The van der Waals surface area contributed by atoms with Gasteiger partial charge in [0.25, 0.3) is 10.0 Å². The van der Waals surface area contributed by atoms with Crippen LogP contribution in [0.2, 0.25) is 0 Å². The van der Waals surface area contributed by atoms with Crippen LogP contribution in [0.15, 0.2) is 46.3 Å². The highest BCUT2D eigenvalue weighted by molar-refractivity contribution is 7.89. The summed E-state index contributed by atoms with van der Waals surface area (Å²) in [5.41, 5.74) is 4.39. The third-order valence-corrected chi connectivity index (χ3v) is 7.92. The molecule has 1 aromatic heterocycles. The average molecular weight is 425 g/mol. The van der Waals surface area contributed by atoms with Gasteiger partial charge >= 0.3 is 0 Å². The van der Waals surface area contributed by atoms with Crippen molar-refractivity contribution in [3.8, 4) is 0 Å². The maximum absolute atomic E-state index is 12.6. The molecule has 0 unspecified atom stereocenters. The summed E-state index contributed by atoms with van der Waals surface area (Å²) < 4.78 is 51.5. The first-order valence-electron chi connectivity index (χ1n) is 9.01. The fraction of sp³-hybridized carbons (Fsp3) is 0.389. The second kappa shape index (κ2) is 8.16. The summed E-state index contributed by atoms with van der Waals surface area (Å²) >= 11 is 0. The van der Waals surface area contributed by atoms with Crippen molar-refractivity contribution in [2.24, 2.45) is 0 Å². The number of piperidine rings is 1. The van der Waals surface area contributed by atoms with Gasteiger partial charge in [-0.15, -0.1) is 4.83 Å². The van der Waals surface area contributed by atoms with E-state index in [2.05, 4.69) is 15.2 Å². The van der Waals surface area contributed by atoms with E-state index in [-0.39, 0.29) is 15.6 Å². The lowest BCUT2D eigenvalue weighted by molar-refractivity contribution is 0.346. The standard InChI is InChI=1S/C18H24N4O4S2/c1-14-6-7-16(12-15(14)2)27(23,24)21-20-18-9-8-17(13-19-18)28(25,26)22-10-4-3-5-11-22/h6-9,12-13,21H,3-5,10-11H2,1-2H3,(H,19,20). The molecule has 10 heteroatoms. The van der Waals surface area contributed by atoms with E-state index in [0.29, 0.717) is 13.1 Å². The van der Waals surface area contributed by atoms with Crippen molar-refractivity contribution in [2.75, 3.05) is 18.5 Å². The Morgan fingerprint density at radius 1 is 0.893 bits per heavy atom. The number of nitrogens with one attached hydrogen (secondary N) is 2. The Kier molecular flexibility index (Phi) is 6.04.